The van der Waals surface area contributed by atoms with Gasteiger partial charge in [-0.3, -0.25) is 0 Å². The smallest absolute Gasteiger partial charge is 0.0692 e. The van der Waals surface area contributed by atoms with Gasteiger partial charge in [0.1, 0.15) is 0 Å². The van der Waals surface area contributed by atoms with Crippen molar-refractivity contribution in [2.45, 2.75) is 39.2 Å². The minimum atomic E-state index is -0.276. The summed E-state index contributed by atoms with van der Waals surface area (Å²) in [6.07, 6.45) is 7.14. The van der Waals surface area contributed by atoms with E-state index in [1.807, 2.05) is 12.2 Å². The lowest BCUT2D eigenvalue weighted by atomic mass is 10.2. The fourth-order valence-electron chi connectivity index (χ4n) is 0.615. The molecule has 0 aromatic rings. The summed E-state index contributed by atoms with van der Waals surface area (Å²) in [7, 11) is 0. The fourth-order valence-corrected chi connectivity index (χ4v) is 0.615. The summed E-state index contributed by atoms with van der Waals surface area (Å²) in [5, 5.41) is 8.76. The number of hydrogen-bond donors (Lipinski definition) is 1. The number of hydrogen-bond acceptors (Lipinski definition) is 1. The van der Waals surface area contributed by atoms with Crippen LogP contribution in [0.2, 0.25) is 0 Å². The Morgan fingerprint density at radius 1 is 1.56 bits per heavy atom. The fraction of sp³-hybridized carbons (Fsp3) is 0.750. The summed E-state index contributed by atoms with van der Waals surface area (Å²) in [6.45, 7) is 3.93. The van der Waals surface area contributed by atoms with Gasteiger partial charge in [0.2, 0.25) is 0 Å². The molecule has 0 bridgehead atoms. The highest BCUT2D eigenvalue weighted by Gasteiger charge is 1.83. The molecule has 0 heterocycles. The normalized spacial score (nSPS) is 14.6. The molecule has 0 aromatic heterocycles. The molecule has 0 saturated heterocycles. The lowest BCUT2D eigenvalue weighted by Crippen LogP contribution is -1.91. The third-order valence-corrected chi connectivity index (χ3v) is 1.14. The van der Waals surface area contributed by atoms with Crippen LogP contribution in [0.15, 0.2) is 12.2 Å². The van der Waals surface area contributed by atoms with Gasteiger partial charge in [-0.15, -0.1) is 0 Å². The third-order valence-electron chi connectivity index (χ3n) is 1.14. The molecule has 0 aliphatic heterocycles. The first-order valence-electron chi connectivity index (χ1n) is 3.62. The molecule has 0 rings (SSSR count). The molecule has 0 fully saturated rings. The Morgan fingerprint density at radius 2 is 2.22 bits per heavy atom. The first-order chi connectivity index (χ1) is 4.27. The van der Waals surface area contributed by atoms with Crippen molar-refractivity contribution >= 4 is 0 Å². The van der Waals surface area contributed by atoms with Crippen molar-refractivity contribution in [3.63, 3.8) is 0 Å². The zero-order valence-electron chi connectivity index (χ0n) is 6.30. The van der Waals surface area contributed by atoms with Gasteiger partial charge in [0.25, 0.3) is 0 Å². The number of unbranched alkanes of at least 4 members (excludes halogenated alkanes) is 2. The van der Waals surface area contributed by atoms with Gasteiger partial charge in [-0.05, 0) is 13.3 Å². The highest BCUT2D eigenvalue weighted by atomic mass is 16.3. The second kappa shape index (κ2) is 5.83. The number of aliphatic hydroxyl groups is 1. The van der Waals surface area contributed by atoms with Crippen LogP contribution in [0, 0.1) is 0 Å². The van der Waals surface area contributed by atoms with Gasteiger partial charge in [0.15, 0.2) is 0 Å². The molecule has 54 valence electrons. The topological polar surface area (TPSA) is 20.2 Å². The molecule has 0 aromatic carbocycles. The minimum absolute atomic E-state index is 0.276. The molecule has 0 spiro atoms. The van der Waals surface area contributed by atoms with Gasteiger partial charge in [-0.25, -0.2) is 0 Å². The second-order valence-electron chi connectivity index (χ2n) is 2.31. The standard InChI is InChI=1S/C8H16O/c1-3-4-5-6-7-8(2)9/h6-9H,3-5H2,1-2H3/b7-6+/t8-/m1/s1. The van der Waals surface area contributed by atoms with E-state index in [1.165, 1.54) is 12.8 Å². The lowest BCUT2D eigenvalue weighted by molar-refractivity contribution is 0.244. The van der Waals surface area contributed by atoms with E-state index in [0.717, 1.165) is 6.42 Å². The molecule has 1 atom stereocenters. The molecule has 0 radical (unpaired) electrons. The van der Waals surface area contributed by atoms with Crippen molar-refractivity contribution in [2.24, 2.45) is 0 Å². The Kier molecular flexibility index (Phi) is 5.64. The highest BCUT2D eigenvalue weighted by molar-refractivity contribution is 4.85. The van der Waals surface area contributed by atoms with Gasteiger partial charge in [-0.1, -0.05) is 31.9 Å². The zero-order valence-corrected chi connectivity index (χ0v) is 6.30. The predicted molar refractivity (Wildman–Crippen MR) is 40.3 cm³/mol. The molecule has 0 unspecified atom stereocenters. The molecule has 0 amide bonds. The molecule has 1 heteroatoms. The van der Waals surface area contributed by atoms with Crippen LogP contribution in [0.4, 0.5) is 0 Å². The maximum Gasteiger partial charge on any atom is 0.0692 e. The average Bonchev–Trinajstić information content (AvgIpc) is 1.80. The maximum absolute atomic E-state index is 8.76. The van der Waals surface area contributed by atoms with Crippen molar-refractivity contribution in [1.29, 1.82) is 0 Å². The van der Waals surface area contributed by atoms with E-state index in [-0.39, 0.29) is 6.10 Å². The Bertz CT molecular complexity index is 74.6. The summed E-state index contributed by atoms with van der Waals surface area (Å²) in [4.78, 5) is 0. The van der Waals surface area contributed by atoms with E-state index in [0.29, 0.717) is 0 Å². The number of aliphatic hydroxyl groups excluding tert-OH is 1. The van der Waals surface area contributed by atoms with E-state index in [4.69, 9.17) is 5.11 Å². The minimum Gasteiger partial charge on any atom is -0.389 e. The lowest BCUT2D eigenvalue weighted by Gasteiger charge is -1.92. The Labute approximate surface area is 57.4 Å². The van der Waals surface area contributed by atoms with E-state index in [1.54, 1.807) is 6.92 Å². The molecule has 9 heavy (non-hydrogen) atoms. The van der Waals surface area contributed by atoms with Gasteiger partial charge in [-0.2, -0.15) is 0 Å². The molecule has 1 N–H and O–H groups in total. The van der Waals surface area contributed by atoms with Gasteiger partial charge in [0.05, 0.1) is 6.10 Å². The molecule has 1 nitrogen and oxygen atoms in total. The van der Waals surface area contributed by atoms with Crippen LogP contribution in [-0.4, -0.2) is 11.2 Å². The Morgan fingerprint density at radius 3 is 2.67 bits per heavy atom. The van der Waals surface area contributed by atoms with Crippen molar-refractivity contribution in [3.05, 3.63) is 12.2 Å². The van der Waals surface area contributed by atoms with Crippen LogP contribution in [0.1, 0.15) is 33.1 Å². The third kappa shape index (κ3) is 7.70. The van der Waals surface area contributed by atoms with Crippen LogP contribution in [-0.2, 0) is 0 Å². The summed E-state index contributed by atoms with van der Waals surface area (Å²) in [5.74, 6) is 0. The van der Waals surface area contributed by atoms with E-state index in [9.17, 15) is 0 Å². The zero-order chi connectivity index (χ0) is 7.11. The van der Waals surface area contributed by atoms with E-state index < -0.39 is 0 Å². The van der Waals surface area contributed by atoms with Crippen LogP contribution in [0.3, 0.4) is 0 Å². The molecule has 0 saturated carbocycles. The van der Waals surface area contributed by atoms with Crippen LogP contribution < -0.4 is 0 Å². The van der Waals surface area contributed by atoms with Gasteiger partial charge < -0.3 is 5.11 Å². The summed E-state index contributed by atoms with van der Waals surface area (Å²) < 4.78 is 0. The monoisotopic (exact) mass is 128 g/mol. The van der Waals surface area contributed by atoms with Crippen LogP contribution in [0.25, 0.3) is 0 Å². The maximum atomic E-state index is 8.76. The number of allylic oxidation sites excluding steroid dienone is 1. The predicted octanol–water partition coefficient (Wildman–Crippen LogP) is 2.11. The molecular formula is C8H16O. The summed E-state index contributed by atoms with van der Waals surface area (Å²) in [6, 6.07) is 0. The van der Waals surface area contributed by atoms with Crippen LogP contribution >= 0.6 is 0 Å². The second-order valence-corrected chi connectivity index (χ2v) is 2.31. The van der Waals surface area contributed by atoms with Gasteiger partial charge >= 0.3 is 0 Å². The van der Waals surface area contributed by atoms with E-state index in [2.05, 4.69) is 6.92 Å². The van der Waals surface area contributed by atoms with Crippen LogP contribution in [0.5, 0.6) is 0 Å². The largest absolute Gasteiger partial charge is 0.389 e. The highest BCUT2D eigenvalue weighted by Crippen LogP contribution is 1.95. The van der Waals surface area contributed by atoms with Crippen molar-refractivity contribution in [3.8, 4) is 0 Å². The van der Waals surface area contributed by atoms with Crippen molar-refractivity contribution in [2.75, 3.05) is 0 Å². The first kappa shape index (κ1) is 8.70. The molecular weight excluding hydrogens is 112 g/mol. The van der Waals surface area contributed by atoms with Crippen molar-refractivity contribution < 1.29 is 5.11 Å². The van der Waals surface area contributed by atoms with Gasteiger partial charge in [0, 0.05) is 0 Å². The van der Waals surface area contributed by atoms with E-state index >= 15 is 0 Å². The Balaban J connectivity index is 3.04. The molecule has 0 aliphatic carbocycles. The first-order valence-corrected chi connectivity index (χ1v) is 3.62. The number of rotatable bonds is 4. The summed E-state index contributed by atoms with van der Waals surface area (Å²) >= 11 is 0. The molecule has 0 aliphatic rings. The summed E-state index contributed by atoms with van der Waals surface area (Å²) in [5.41, 5.74) is 0. The SMILES string of the molecule is CCCC/C=C/[C@@H](C)O. The quantitative estimate of drug-likeness (QED) is 0.454. The Hall–Kier alpha value is -0.300. The van der Waals surface area contributed by atoms with Crippen molar-refractivity contribution in [1.82, 2.24) is 0 Å². The average molecular weight is 128 g/mol.